The van der Waals surface area contributed by atoms with Crippen LogP contribution >= 0.6 is 15.9 Å². The van der Waals surface area contributed by atoms with Crippen molar-refractivity contribution >= 4 is 42.5 Å². The molecule has 0 saturated carbocycles. The van der Waals surface area contributed by atoms with E-state index in [2.05, 4.69) is 54.0 Å². The molecule has 0 aliphatic heterocycles. The van der Waals surface area contributed by atoms with Gasteiger partial charge in [-0.05, 0) is 56.5 Å². The summed E-state index contributed by atoms with van der Waals surface area (Å²) < 4.78 is 12.3. The van der Waals surface area contributed by atoms with E-state index in [0.717, 1.165) is 37.8 Å². The zero-order chi connectivity index (χ0) is 21.8. The van der Waals surface area contributed by atoms with E-state index in [1.54, 1.807) is 0 Å². The molecule has 0 fully saturated rings. The third-order valence-electron chi connectivity index (χ3n) is 5.16. The van der Waals surface area contributed by atoms with Crippen LogP contribution in [0.2, 0.25) is 0 Å². The third-order valence-corrected chi connectivity index (χ3v) is 5.75. The summed E-state index contributed by atoms with van der Waals surface area (Å²) in [7, 11) is 3.97. The van der Waals surface area contributed by atoms with Crippen molar-refractivity contribution in [2.45, 2.75) is 32.3 Å². The van der Waals surface area contributed by atoms with Crippen molar-refractivity contribution in [1.29, 1.82) is 0 Å². The van der Waals surface area contributed by atoms with Crippen LogP contribution in [-0.2, 0) is 5.41 Å². The number of aryl methyl sites for hydroxylation is 1. The number of rotatable bonds is 9. The Morgan fingerprint density at radius 2 is 1.52 bits per heavy atom. The van der Waals surface area contributed by atoms with E-state index in [0.29, 0.717) is 5.75 Å². The Balaban J connectivity index is 2.43. The molecule has 0 amide bonds. The maximum absolute atomic E-state index is 9.32. The first-order chi connectivity index (χ1) is 13.6. The van der Waals surface area contributed by atoms with Gasteiger partial charge in [0.15, 0.2) is 0 Å². The first-order valence-electron chi connectivity index (χ1n) is 9.70. The minimum atomic E-state index is -0.628. The standard InChI is InChI=1S/C21H29B2BrO5/c1-12-6-13(7-16(22)19(12)29-15(10-26)11-27)21(2,3)14-8-17(23)20(18(24)9-14)28-5-4-25/h6-9,15,25-27H,4-5,10-11,22-23H2,1-3H3. The molecule has 2 aromatic rings. The minimum absolute atomic E-state index is 0.0283. The van der Waals surface area contributed by atoms with E-state index < -0.39 is 6.10 Å². The third kappa shape index (κ3) is 5.37. The van der Waals surface area contributed by atoms with Gasteiger partial charge < -0.3 is 24.8 Å². The molecule has 0 radical (unpaired) electrons. The summed E-state index contributed by atoms with van der Waals surface area (Å²) in [5, 5.41) is 27.7. The van der Waals surface area contributed by atoms with Crippen molar-refractivity contribution in [3.8, 4) is 11.5 Å². The lowest BCUT2D eigenvalue weighted by molar-refractivity contribution is 0.0632. The average Bonchev–Trinajstić information content (AvgIpc) is 2.66. The fraction of sp³-hybridized carbons (Fsp3) is 0.429. The highest BCUT2D eigenvalue weighted by molar-refractivity contribution is 9.10. The summed E-state index contributed by atoms with van der Waals surface area (Å²) >= 11 is 3.60. The fourth-order valence-corrected chi connectivity index (χ4v) is 4.06. The van der Waals surface area contributed by atoms with Crippen LogP contribution in [0.5, 0.6) is 11.5 Å². The fourth-order valence-electron chi connectivity index (χ4n) is 3.38. The van der Waals surface area contributed by atoms with Gasteiger partial charge in [-0.25, -0.2) is 0 Å². The molecule has 0 aliphatic carbocycles. The molecule has 0 spiro atoms. The Hall–Kier alpha value is -1.47. The van der Waals surface area contributed by atoms with Gasteiger partial charge in [0.2, 0.25) is 0 Å². The average molecular weight is 463 g/mol. The van der Waals surface area contributed by atoms with Gasteiger partial charge in [0.25, 0.3) is 0 Å². The summed E-state index contributed by atoms with van der Waals surface area (Å²) in [6.07, 6.45) is -0.628. The SMILES string of the molecule is Bc1cc(C(C)(C)c2cc(B)c(OCCO)c(Br)c2)cc(C)c1OC(CO)CO. The molecule has 0 aromatic heterocycles. The molecule has 29 heavy (non-hydrogen) atoms. The molecule has 3 N–H and O–H groups in total. The van der Waals surface area contributed by atoms with E-state index in [1.807, 2.05) is 22.6 Å². The molecule has 2 rings (SSSR count). The minimum Gasteiger partial charge on any atom is -0.491 e. The molecule has 8 heteroatoms. The predicted octanol–water partition coefficient (Wildman–Crippen LogP) is -0.297. The van der Waals surface area contributed by atoms with E-state index in [4.69, 9.17) is 14.6 Å². The van der Waals surface area contributed by atoms with Gasteiger partial charge in [-0.3, -0.25) is 0 Å². The maximum Gasteiger partial charge on any atom is 0.145 e. The highest BCUT2D eigenvalue weighted by atomic mass is 79.9. The van der Waals surface area contributed by atoms with Crippen LogP contribution in [0, 0.1) is 6.92 Å². The number of halogens is 1. The van der Waals surface area contributed by atoms with Crippen molar-refractivity contribution in [2.24, 2.45) is 0 Å². The number of benzene rings is 2. The van der Waals surface area contributed by atoms with E-state index in [9.17, 15) is 10.2 Å². The Morgan fingerprint density at radius 3 is 2.00 bits per heavy atom. The highest BCUT2D eigenvalue weighted by Crippen LogP contribution is 2.36. The first-order valence-corrected chi connectivity index (χ1v) is 10.5. The van der Waals surface area contributed by atoms with Crippen molar-refractivity contribution < 1.29 is 24.8 Å². The largest absolute Gasteiger partial charge is 0.491 e. The quantitative estimate of drug-likeness (QED) is 0.446. The molecule has 0 unspecified atom stereocenters. The van der Waals surface area contributed by atoms with Crippen LogP contribution in [0.15, 0.2) is 28.7 Å². The zero-order valence-corrected chi connectivity index (χ0v) is 19.3. The van der Waals surface area contributed by atoms with Crippen molar-refractivity contribution in [1.82, 2.24) is 0 Å². The molecule has 156 valence electrons. The van der Waals surface area contributed by atoms with E-state index in [1.165, 1.54) is 0 Å². The lowest BCUT2D eigenvalue weighted by Crippen LogP contribution is -2.29. The topological polar surface area (TPSA) is 79.2 Å². The Morgan fingerprint density at radius 1 is 0.966 bits per heavy atom. The second-order valence-corrected chi connectivity index (χ2v) is 8.70. The van der Waals surface area contributed by atoms with Crippen LogP contribution in [0.1, 0.15) is 30.5 Å². The van der Waals surface area contributed by atoms with Crippen LogP contribution in [0.4, 0.5) is 0 Å². The van der Waals surface area contributed by atoms with Crippen LogP contribution in [-0.4, -0.2) is 63.5 Å². The summed E-state index contributed by atoms with van der Waals surface area (Å²) in [6, 6.07) is 8.35. The van der Waals surface area contributed by atoms with Crippen LogP contribution in [0.3, 0.4) is 0 Å². The van der Waals surface area contributed by atoms with Crippen molar-refractivity contribution in [3.63, 3.8) is 0 Å². The Bertz CT molecular complexity index is 807. The van der Waals surface area contributed by atoms with Gasteiger partial charge in [-0.1, -0.05) is 32.0 Å². The monoisotopic (exact) mass is 462 g/mol. The van der Waals surface area contributed by atoms with Crippen LogP contribution in [0.25, 0.3) is 0 Å². The molecule has 0 bridgehead atoms. The smallest absolute Gasteiger partial charge is 0.145 e. The number of hydrogen-bond donors (Lipinski definition) is 3. The molecular weight excluding hydrogens is 434 g/mol. The Kier molecular flexibility index (Phi) is 8.23. The Labute approximate surface area is 183 Å². The summed E-state index contributed by atoms with van der Waals surface area (Å²) in [6.45, 7) is 6.06. The van der Waals surface area contributed by atoms with Gasteiger partial charge in [-0.2, -0.15) is 0 Å². The van der Waals surface area contributed by atoms with Gasteiger partial charge in [0, 0.05) is 5.41 Å². The molecule has 0 aliphatic rings. The molecule has 2 aromatic carbocycles. The van der Waals surface area contributed by atoms with Crippen molar-refractivity contribution in [3.05, 3.63) is 45.4 Å². The van der Waals surface area contributed by atoms with Crippen molar-refractivity contribution in [2.75, 3.05) is 26.4 Å². The lowest BCUT2D eigenvalue weighted by Gasteiger charge is -2.29. The van der Waals surface area contributed by atoms with E-state index >= 15 is 0 Å². The van der Waals surface area contributed by atoms with Crippen LogP contribution < -0.4 is 20.4 Å². The number of aliphatic hydroxyl groups is 3. The zero-order valence-electron chi connectivity index (χ0n) is 17.8. The van der Waals surface area contributed by atoms with Gasteiger partial charge in [0.05, 0.1) is 24.3 Å². The normalized spacial score (nSPS) is 11.7. The second-order valence-electron chi connectivity index (χ2n) is 7.85. The predicted molar refractivity (Wildman–Crippen MR) is 125 cm³/mol. The molecule has 5 nitrogen and oxygen atoms in total. The van der Waals surface area contributed by atoms with Gasteiger partial charge in [-0.15, -0.1) is 0 Å². The highest BCUT2D eigenvalue weighted by Gasteiger charge is 2.26. The van der Waals surface area contributed by atoms with E-state index in [-0.39, 0.29) is 31.8 Å². The number of aliphatic hydroxyl groups excluding tert-OH is 3. The first kappa shape index (κ1) is 23.8. The summed E-state index contributed by atoms with van der Waals surface area (Å²) in [4.78, 5) is 0. The summed E-state index contributed by atoms with van der Waals surface area (Å²) in [5.41, 5.74) is 4.91. The molecule has 0 atom stereocenters. The molecular formula is C21H29B2BrO5. The second kappa shape index (κ2) is 10.0. The van der Waals surface area contributed by atoms with Gasteiger partial charge >= 0.3 is 0 Å². The molecule has 0 heterocycles. The number of hydrogen-bond acceptors (Lipinski definition) is 5. The van der Waals surface area contributed by atoms with Gasteiger partial charge in [0.1, 0.15) is 39.9 Å². The summed E-state index contributed by atoms with van der Waals surface area (Å²) in [5.74, 6) is 1.44. The number of ether oxygens (including phenoxy) is 2. The lowest BCUT2D eigenvalue weighted by atomic mass is 9.74. The molecule has 0 saturated heterocycles. The maximum atomic E-state index is 9.32.